The molecule has 0 saturated carbocycles. The van der Waals surface area contributed by atoms with Crippen molar-refractivity contribution in [3.8, 4) is 0 Å². The van der Waals surface area contributed by atoms with Gasteiger partial charge in [0.15, 0.2) is 0 Å². The summed E-state index contributed by atoms with van der Waals surface area (Å²) >= 11 is 0. The van der Waals surface area contributed by atoms with E-state index >= 15 is 0 Å². The Morgan fingerprint density at radius 1 is 1.24 bits per heavy atom. The van der Waals surface area contributed by atoms with Crippen molar-refractivity contribution in [2.75, 3.05) is 31.7 Å². The molecule has 1 heterocycles. The number of rotatable bonds is 6. The Hall–Kier alpha value is -2.21. The molecule has 0 radical (unpaired) electrons. The van der Waals surface area contributed by atoms with E-state index in [0.29, 0.717) is 11.8 Å². The Morgan fingerprint density at radius 2 is 1.95 bits per heavy atom. The molecule has 0 aliphatic rings. The van der Waals surface area contributed by atoms with E-state index in [2.05, 4.69) is 20.2 Å². The molecule has 3 N–H and O–H groups in total. The molecule has 0 spiro atoms. The Morgan fingerprint density at radius 3 is 2.57 bits per heavy atom. The third kappa shape index (κ3) is 4.68. The maximum Gasteiger partial charge on any atom is 0.229 e. The van der Waals surface area contributed by atoms with Crippen molar-refractivity contribution in [3.63, 3.8) is 0 Å². The van der Waals surface area contributed by atoms with E-state index in [-0.39, 0.29) is 5.82 Å². The maximum absolute atomic E-state index is 12.8. The van der Waals surface area contributed by atoms with E-state index in [1.54, 1.807) is 18.3 Å². The molecule has 5 nitrogen and oxygen atoms in total. The lowest BCUT2D eigenvalue weighted by molar-refractivity contribution is 0.400. The molecule has 112 valence electrons. The third-order valence-corrected chi connectivity index (χ3v) is 3.05. The quantitative estimate of drug-likeness (QED) is 0.855. The van der Waals surface area contributed by atoms with Gasteiger partial charge in [-0.3, -0.25) is 0 Å². The van der Waals surface area contributed by atoms with Crippen LogP contribution in [0.25, 0.3) is 0 Å². The lowest BCUT2D eigenvalue weighted by Crippen LogP contribution is -2.14. The molecule has 0 unspecified atom stereocenters. The average molecular weight is 289 g/mol. The van der Waals surface area contributed by atoms with Gasteiger partial charge in [-0.1, -0.05) is 0 Å². The molecule has 2 rings (SSSR count). The van der Waals surface area contributed by atoms with Gasteiger partial charge in [0.25, 0.3) is 0 Å². The van der Waals surface area contributed by atoms with Crippen molar-refractivity contribution in [2.45, 2.75) is 12.8 Å². The number of aryl methyl sites for hydroxylation is 1. The van der Waals surface area contributed by atoms with E-state index in [1.165, 1.54) is 12.1 Å². The van der Waals surface area contributed by atoms with E-state index < -0.39 is 0 Å². The summed E-state index contributed by atoms with van der Waals surface area (Å²) in [5, 5.41) is 3.00. The zero-order chi connectivity index (χ0) is 15.2. The Kier molecular flexibility index (Phi) is 5.05. The molecule has 6 heteroatoms. The van der Waals surface area contributed by atoms with Crippen LogP contribution in [0.2, 0.25) is 0 Å². The number of hydrogen-bond donors (Lipinski definition) is 2. The molecular formula is C15H20FN5. The van der Waals surface area contributed by atoms with Crippen LogP contribution in [-0.4, -0.2) is 35.5 Å². The monoisotopic (exact) mass is 289 g/mol. The summed E-state index contributed by atoms with van der Waals surface area (Å²) < 4.78 is 12.8. The molecule has 21 heavy (non-hydrogen) atoms. The first-order chi connectivity index (χ1) is 10.0. The number of halogens is 1. The molecule has 0 atom stereocenters. The van der Waals surface area contributed by atoms with Crippen LogP contribution in [0.5, 0.6) is 0 Å². The van der Waals surface area contributed by atoms with Crippen LogP contribution in [0.3, 0.4) is 0 Å². The molecule has 0 saturated heterocycles. The van der Waals surface area contributed by atoms with Gasteiger partial charge in [-0.2, -0.15) is 4.98 Å². The standard InChI is InChI=1S/C15H20FN5/c1-21(2)9-3-4-11-10-18-15(20-14(11)17)19-13-7-5-12(16)6-8-13/h5-8,10H,3-4,9H2,1-2H3,(H3,17,18,19,20). The predicted octanol–water partition coefficient (Wildman–Crippen LogP) is 2.44. The van der Waals surface area contributed by atoms with Crippen molar-refractivity contribution in [3.05, 3.63) is 41.8 Å². The van der Waals surface area contributed by atoms with Crippen LogP contribution >= 0.6 is 0 Å². The van der Waals surface area contributed by atoms with Gasteiger partial charge >= 0.3 is 0 Å². The van der Waals surface area contributed by atoms with Crippen LogP contribution in [-0.2, 0) is 6.42 Å². The largest absolute Gasteiger partial charge is 0.383 e. The van der Waals surface area contributed by atoms with Gasteiger partial charge in [-0.15, -0.1) is 0 Å². The van der Waals surface area contributed by atoms with Crippen LogP contribution in [0.1, 0.15) is 12.0 Å². The number of nitrogens with one attached hydrogen (secondary N) is 1. The van der Waals surface area contributed by atoms with Crippen LogP contribution in [0.15, 0.2) is 30.5 Å². The van der Waals surface area contributed by atoms with Gasteiger partial charge in [-0.05, 0) is 57.7 Å². The highest BCUT2D eigenvalue weighted by Crippen LogP contribution is 2.17. The fourth-order valence-electron chi connectivity index (χ4n) is 1.92. The highest BCUT2D eigenvalue weighted by molar-refractivity contribution is 5.55. The Labute approximate surface area is 124 Å². The minimum atomic E-state index is -0.280. The smallest absolute Gasteiger partial charge is 0.229 e. The van der Waals surface area contributed by atoms with Crippen molar-refractivity contribution in [1.29, 1.82) is 0 Å². The van der Waals surface area contributed by atoms with Gasteiger partial charge in [0.2, 0.25) is 5.95 Å². The molecule has 0 bridgehead atoms. The highest BCUT2D eigenvalue weighted by atomic mass is 19.1. The molecule has 0 aliphatic carbocycles. The fourth-order valence-corrected chi connectivity index (χ4v) is 1.92. The zero-order valence-electron chi connectivity index (χ0n) is 12.3. The summed E-state index contributed by atoms with van der Waals surface area (Å²) in [5.74, 6) is 0.612. The number of aromatic nitrogens is 2. The van der Waals surface area contributed by atoms with E-state index in [1.807, 2.05) is 14.1 Å². The van der Waals surface area contributed by atoms with E-state index in [4.69, 9.17) is 5.73 Å². The summed E-state index contributed by atoms with van der Waals surface area (Å²) in [6.07, 6.45) is 3.59. The lowest BCUT2D eigenvalue weighted by atomic mass is 10.1. The molecular weight excluding hydrogens is 269 g/mol. The number of benzene rings is 1. The molecule has 1 aromatic carbocycles. The lowest BCUT2D eigenvalue weighted by Gasteiger charge is -2.11. The number of nitrogen functional groups attached to an aromatic ring is 1. The molecule has 0 fully saturated rings. The van der Waals surface area contributed by atoms with E-state index in [9.17, 15) is 4.39 Å². The number of nitrogens with zero attached hydrogens (tertiary/aromatic N) is 3. The summed E-state index contributed by atoms with van der Waals surface area (Å²) in [6.45, 7) is 0.995. The highest BCUT2D eigenvalue weighted by Gasteiger charge is 2.05. The van der Waals surface area contributed by atoms with Gasteiger partial charge in [0, 0.05) is 17.4 Å². The summed E-state index contributed by atoms with van der Waals surface area (Å²) in [5.41, 5.74) is 7.62. The second-order valence-corrected chi connectivity index (χ2v) is 5.14. The number of nitrogens with two attached hydrogens (primary N) is 1. The summed E-state index contributed by atoms with van der Waals surface area (Å²) in [6, 6.07) is 6.00. The first-order valence-corrected chi connectivity index (χ1v) is 6.83. The van der Waals surface area contributed by atoms with Gasteiger partial charge in [0.05, 0.1) is 0 Å². The minimum absolute atomic E-state index is 0.280. The van der Waals surface area contributed by atoms with Crippen molar-refractivity contribution >= 4 is 17.5 Å². The minimum Gasteiger partial charge on any atom is -0.383 e. The Balaban J connectivity index is 1.99. The summed E-state index contributed by atoms with van der Waals surface area (Å²) in [4.78, 5) is 10.6. The van der Waals surface area contributed by atoms with Crippen molar-refractivity contribution in [1.82, 2.24) is 14.9 Å². The van der Waals surface area contributed by atoms with Gasteiger partial charge in [-0.25, -0.2) is 9.37 Å². The third-order valence-electron chi connectivity index (χ3n) is 3.05. The van der Waals surface area contributed by atoms with Gasteiger partial charge in [0.1, 0.15) is 11.6 Å². The first-order valence-electron chi connectivity index (χ1n) is 6.83. The second kappa shape index (κ2) is 6.99. The van der Waals surface area contributed by atoms with Crippen LogP contribution in [0, 0.1) is 5.82 Å². The molecule has 0 aliphatic heterocycles. The SMILES string of the molecule is CN(C)CCCc1cnc(Nc2ccc(F)cc2)nc1N. The maximum atomic E-state index is 12.8. The average Bonchev–Trinajstić information content (AvgIpc) is 2.43. The molecule has 2 aromatic rings. The fraction of sp³-hybridized carbons (Fsp3) is 0.333. The predicted molar refractivity (Wildman–Crippen MR) is 83.0 cm³/mol. The topological polar surface area (TPSA) is 67.1 Å². The van der Waals surface area contributed by atoms with Crippen LogP contribution < -0.4 is 11.1 Å². The molecule has 0 amide bonds. The van der Waals surface area contributed by atoms with E-state index in [0.717, 1.165) is 30.6 Å². The normalized spacial score (nSPS) is 10.9. The van der Waals surface area contributed by atoms with Crippen LogP contribution in [0.4, 0.5) is 21.8 Å². The molecule has 1 aromatic heterocycles. The second-order valence-electron chi connectivity index (χ2n) is 5.14. The zero-order valence-corrected chi connectivity index (χ0v) is 12.3. The first kappa shape index (κ1) is 15.2. The Bertz CT molecular complexity index is 583. The van der Waals surface area contributed by atoms with Crippen molar-refractivity contribution in [2.24, 2.45) is 0 Å². The number of hydrogen-bond acceptors (Lipinski definition) is 5. The van der Waals surface area contributed by atoms with Gasteiger partial charge < -0.3 is 16.0 Å². The number of anilines is 3. The van der Waals surface area contributed by atoms with Crippen molar-refractivity contribution < 1.29 is 4.39 Å². The summed E-state index contributed by atoms with van der Waals surface area (Å²) in [7, 11) is 4.07.